The molecule has 0 saturated carbocycles. The number of hydrogen-bond donors (Lipinski definition) is 1. The number of carbonyl (C=O) groups is 1. The van der Waals surface area contributed by atoms with Gasteiger partial charge in [-0.05, 0) is 44.3 Å². The van der Waals surface area contributed by atoms with Gasteiger partial charge in [0.05, 0.1) is 11.8 Å². The average molecular weight is 279 g/mol. The van der Waals surface area contributed by atoms with Crippen LogP contribution in [-0.2, 0) is 0 Å². The molecule has 5 heteroatoms. The summed E-state index contributed by atoms with van der Waals surface area (Å²) in [4.78, 5) is 18.1. The molecular formula is C15H22FN3O. The van der Waals surface area contributed by atoms with Gasteiger partial charge in [0.2, 0.25) is 0 Å². The maximum absolute atomic E-state index is 13.2. The van der Waals surface area contributed by atoms with Crippen LogP contribution in [0.1, 0.15) is 36.5 Å². The zero-order chi connectivity index (χ0) is 14.4. The molecule has 2 rings (SSSR count). The molecule has 0 radical (unpaired) electrons. The Kier molecular flexibility index (Phi) is 5.47. The van der Waals surface area contributed by atoms with Crippen LogP contribution in [0.3, 0.4) is 0 Å². The molecule has 1 N–H and O–H groups in total. The van der Waals surface area contributed by atoms with Crippen molar-refractivity contribution < 1.29 is 9.18 Å². The van der Waals surface area contributed by atoms with E-state index in [0.717, 1.165) is 45.1 Å². The van der Waals surface area contributed by atoms with E-state index in [4.69, 9.17) is 0 Å². The molecule has 110 valence electrons. The van der Waals surface area contributed by atoms with Gasteiger partial charge in [-0.3, -0.25) is 9.78 Å². The highest BCUT2D eigenvalue weighted by atomic mass is 19.1. The van der Waals surface area contributed by atoms with Crippen LogP contribution < -0.4 is 5.32 Å². The molecule has 0 spiro atoms. The first kappa shape index (κ1) is 14.9. The number of pyridine rings is 1. The standard InChI is InChI=1S/C15H22FN3O/c1-2-7-19(11-12-3-5-17-6-4-12)15(20)13-8-14(16)10-18-9-13/h8-10,12,17H,2-7,11H2,1H3. The quantitative estimate of drug-likeness (QED) is 0.897. The number of nitrogens with one attached hydrogen (secondary N) is 1. The van der Waals surface area contributed by atoms with Crippen LogP contribution in [0.2, 0.25) is 0 Å². The molecule has 0 atom stereocenters. The molecule has 1 aliphatic rings. The highest BCUT2D eigenvalue weighted by Gasteiger charge is 2.21. The second kappa shape index (κ2) is 7.33. The Labute approximate surface area is 119 Å². The van der Waals surface area contributed by atoms with Crippen LogP contribution >= 0.6 is 0 Å². The van der Waals surface area contributed by atoms with Crippen molar-refractivity contribution in [3.05, 3.63) is 29.8 Å². The van der Waals surface area contributed by atoms with Crippen LogP contribution in [0.25, 0.3) is 0 Å². The lowest BCUT2D eigenvalue weighted by Crippen LogP contribution is -2.39. The van der Waals surface area contributed by atoms with Crippen molar-refractivity contribution in [2.24, 2.45) is 5.92 Å². The molecule has 0 bridgehead atoms. The summed E-state index contributed by atoms with van der Waals surface area (Å²) in [6, 6.07) is 1.26. The number of nitrogens with zero attached hydrogens (tertiary/aromatic N) is 2. The minimum atomic E-state index is -0.464. The Balaban J connectivity index is 2.04. The SMILES string of the molecule is CCCN(CC1CCNCC1)C(=O)c1cncc(F)c1. The normalized spacial score (nSPS) is 16.1. The van der Waals surface area contributed by atoms with Crippen LogP contribution in [0.5, 0.6) is 0 Å². The topological polar surface area (TPSA) is 45.2 Å². The van der Waals surface area contributed by atoms with Crippen molar-refractivity contribution in [3.8, 4) is 0 Å². The monoisotopic (exact) mass is 279 g/mol. The lowest BCUT2D eigenvalue weighted by Gasteiger charge is -2.30. The van der Waals surface area contributed by atoms with Gasteiger partial charge < -0.3 is 10.2 Å². The van der Waals surface area contributed by atoms with E-state index in [2.05, 4.69) is 10.3 Å². The molecule has 20 heavy (non-hydrogen) atoms. The van der Waals surface area contributed by atoms with Crippen LogP contribution in [0.4, 0.5) is 4.39 Å². The van der Waals surface area contributed by atoms with Crippen molar-refractivity contribution in [1.29, 1.82) is 0 Å². The average Bonchev–Trinajstić information content (AvgIpc) is 2.47. The van der Waals surface area contributed by atoms with Gasteiger partial charge in [0.25, 0.3) is 5.91 Å². The van der Waals surface area contributed by atoms with Crippen molar-refractivity contribution >= 4 is 5.91 Å². The van der Waals surface area contributed by atoms with Gasteiger partial charge in [0, 0.05) is 19.3 Å². The van der Waals surface area contributed by atoms with Gasteiger partial charge in [0.15, 0.2) is 0 Å². The molecule has 1 aromatic heterocycles. The van der Waals surface area contributed by atoms with Gasteiger partial charge in [-0.2, -0.15) is 0 Å². The summed E-state index contributed by atoms with van der Waals surface area (Å²) in [6.45, 7) is 5.54. The van der Waals surface area contributed by atoms with Crippen LogP contribution in [0.15, 0.2) is 18.5 Å². The molecular weight excluding hydrogens is 257 g/mol. The largest absolute Gasteiger partial charge is 0.338 e. The molecule has 1 aromatic rings. The van der Waals surface area contributed by atoms with E-state index in [0.29, 0.717) is 18.0 Å². The fourth-order valence-corrected chi connectivity index (χ4v) is 2.63. The predicted octanol–water partition coefficient (Wildman–Crippen LogP) is 2.07. The number of carbonyl (C=O) groups excluding carboxylic acids is 1. The lowest BCUT2D eigenvalue weighted by atomic mass is 9.97. The fraction of sp³-hybridized carbons (Fsp3) is 0.600. The highest BCUT2D eigenvalue weighted by Crippen LogP contribution is 2.16. The molecule has 4 nitrogen and oxygen atoms in total. The Morgan fingerprint density at radius 3 is 2.85 bits per heavy atom. The first-order chi connectivity index (χ1) is 9.70. The van der Waals surface area contributed by atoms with E-state index in [1.807, 2.05) is 11.8 Å². The Bertz CT molecular complexity index is 446. The van der Waals surface area contributed by atoms with Gasteiger partial charge in [0.1, 0.15) is 5.82 Å². The lowest BCUT2D eigenvalue weighted by molar-refractivity contribution is 0.0715. The Morgan fingerprint density at radius 2 is 2.20 bits per heavy atom. The zero-order valence-corrected chi connectivity index (χ0v) is 11.9. The Morgan fingerprint density at radius 1 is 1.45 bits per heavy atom. The summed E-state index contributed by atoms with van der Waals surface area (Å²) in [5, 5.41) is 3.33. The molecule has 1 amide bonds. The first-order valence-corrected chi connectivity index (χ1v) is 7.31. The number of rotatable bonds is 5. The number of piperidine rings is 1. The van der Waals surface area contributed by atoms with Crippen molar-refractivity contribution in [2.45, 2.75) is 26.2 Å². The van der Waals surface area contributed by atoms with E-state index >= 15 is 0 Å². The summed E-state index contributed by atoms with van der Waals surface area (Å²) < 4.78 is 13.2. The van der Waals surface area contributed by atoms with Gasteiger partial charge >= 0.3 is 0 Å². The van der Waals surface area contributed by atoms with Crippen LogP contribution in [0, 0.1) is 11.7 Å². The molecule has 1 aliphatic heterocycles. The summed E-state index contributed by atoms with van der Waals surface area (Å²) >= 11 is 0. The summed E-state index contributed by atoms with van der Waals surface area (Å²) in [5.74, 6) is -0.0418. The number of aromatic nitrogens is 1. The van der Waals surface area contributed by atoms with Gasteiger partial charge in [-0.15, -0.1) is 0 Å². The summed E-state index contributed by atoms with van der Waals surface area (Å²) in [5.41, 5.74) is 0.340. The number of hydrogen-bond acceptors (Lipinski definition) is 3. The van der Waals surface area contributed by atoms with Crippen molar-refractivity contribution in [1.82, 2.24) is 15.2 Å². The van der Waals surface area contributed by atoms with E-state index in [9.17, 15) is 9.18 Å². The minimum Gasteiger partial charge on any atom is -0.338 e. The second-order valence-electron chi connectivity index (χ2n) is 5.34. The molecule has 1 fully saturated rings. The fourth-order valence-electron chi connectivity index (χ4n) is 2.63. The van der Waals surface area contributed by atoms with E-state index in [-0.39, 0.29) is 5.91 Å². The van der Waals surface area contributed by atoms with Crippen LogP contribution in [-0.4, -0.2) is 42.0 Å². The van der Waals surface area contributed by atoms with Crippen molar-refractivity contribution in [3.63, 3.8) is 0 Å². The molecule has 0 unspecified atom stereocenters. The number of amides is 1. The van der Waals surface area contributed by atoms with E-state index in [1.54, 1.807) is 0 Å². The molecule has 1 saturated heterocycles. The van der Waals surface area contributed by atoms with E-state index < -0.39 is 5.82 Å². The van der Waals surface area contributed by atoms with Gasteiger partial charge in [-0.1, -0.05) is 6.92 Å². The smallest absolute Gasteiger partial charge is 0.255 e. The maximum atomic E-state index is 13.2. The van der Waals surface area contributed by atoms with Crippen molar-refractivity contribution in [2.75, 3.05) is 26.2 Å². The molecule has 2 heterocycles. The Hall–Kier alpha value is -1.49. The third-order valence-electron chi connectivity index (χ3n) is 3.67. The maximum Gasteiger partial charge on any atom is 0.255 e. The summed E-state index contributed by atoms with van der Waals surface area (Å²) in [7, 11) is 0. The minimum absolute atomic E-state index is 0.114. The zero-order valence-electron chi connectivity index (χ0n) is 11.9. The van der Waals surface area contributed by atoms with Gasteiger partial charge in [-0.25, -0.2) is 4.39 Å². The summed E-state index contributed by atoms with van der Waals surface area (Å²) in [6.07, 6.45) is 5.65. The highest BCUT2D eigenvalue weighted by molar-refractivity contribution is 5.93. The second-order valence-corrected chi connectivity index (χ2v) is 5.34. The predicted molar refractivity (Wildman–Crippen MR) is 76.0 cm³/mol. The van der Waals surface area contributed by atoms with E-state index in [1.165, 1.54) is 12.3 Å². The molecule has 0 aromatic carbocycles. The molecule has 0 aliphatic carbocycles. The first-order valence-electron chi connectivity index (χ1n) is 7.31. The third kappa shape index (κ3) is 4.00. The number of halogens is 1. The third-order valence-corrected chi connectivity index (χ3v) is 3.67.